The third-order valence-electron chi connectivity index (χ3n) is 3.73. The molecule has 6 heteroatoms. The van der Waals surface area contributed by atoms with Crippen LogP contribution in [0, 0.1) is 0 Å². The van der Waals surface area contributed by atoms with Crippen molar-refractivity contribution in [3.63, 3.8) is 0 Å². The van der Waals surface area contributed by atoms with Crippen molar-refractivity contribution in [2.24, 2.45) is 7.05 Å². The zero-order valence-corrected chi connectivity index (χ0v) is 14.5. The number of nitrogens with zero attached hydrogens (tertiary/aromatic N) is 2. The van der Waals surface area contributed by atoms with E-state index in [-0.39, 0.29) is 10.6 Å². The maximum Gasteiger partial charge on any atom is 0.287 e. The summed E-state index contributed by atoms with van der Waals surface area (Å²) in [5.41, 5.74) is 2.31. The van der Waals surface area contributed by atoms with E-state index in [4.69, 9.17) is 16.3 Å². The predicted molar refractivity (Wildman–Crippen MR) is 100 cm³/mol. The monoisotopic (exact) mass is 355 g/mol. The fourth-order valence-electron chi connectivity index (χ4n) is 2.43. The molecule has 5 nitrogen and oxygen atoms in total. The smallest absolute Gasteiger partial charge is 0.287 e. The Labute approximate surface area is 150 Å². The maximum atomic E-state index is 11.7. The van der Waals surface area contributed by atoms with Crippen LogP contribution in [0.25, 0.3) is 11.1 Å². The van der Waals surface area contributed by atoms with E-state index in [0.29, 0.717) is 18.8 Å². The summed E-state index contributed by atoms with van der Waals surface area (Å²) in [5.74, 6) is 0.809. The summed E-state index contributed by atoms with van der Waals surface area (Å²) in [6, 6.07) is 18.0. The van der Waals surface area contributed by atoms with Crippen molar-refractivity contribution < 1.29 is 4.74 Å². The molecule has 1 heterocycles. The van der Waals surface area contributed by atoms with Gasteiger partial charge in [-0.2, -0.15) is 5.10 Å². The number of para-hydroxylation sites is 1. The molecule has 0 spiro atoms. The Kier molecular flexibility index (Phi) is 5.36. The van der Waals surface area contributed by atoms with Crippen LogP contribution in [0.1, 0.15) is 0 Å². The van der Waals surface area contributed by atoms with E-state index in [1.165, 1.54) is 10.9 Å². The van der Waals surface area contributed by atoms with Crippen LogP contribution in [0.4, 0.5) is 5.69 Å². The topological polar surface area (TPSA) is 56.1 Å². The Balaban J connectivity index is 1.64. The number of ether oxygens (including phenoxy) is 1. The van der Waals surface area contributed by atoms with Crippen LogP contribution < -0.4 is 15.6 Å². The van der Waals surface area contributed by atoms with Gasteiger partial charge in [-0.1, -0.05) is 60.1 Å². The zero-order chi connectivity index (χ0) is 17.6. The second-order valence-electron chi connectivity index (χ2n) is 5.44. The number of anilines is 1. The van der Waals surface area contributed by atoms with Crippen molar-refractivity contribution in [1.82, 2.24) is 9.78 Å². The van der Waals surface area contributed by atoms with Crippen molar-refractivity contribution in [3.8, 4) is 16.9 Å². The van der Waals surface area contributed by atoms with Crippen LogP contribution in [0.3, 0.4) is 0 Å². The van der Waals surface area contributed by atoms with Crippen molar-refractivity contribution in [2.45, 2.75) is 0 Å². The summed E-state index contributed by atoms with van der Waals surface area (Å²) in [7, 11) is 1.56. The highest BCUT2D eigenvalue weighted by atomic mass is 35.5. The number of benzene rings is 2. The average molecular weight is 356 g/mol. The van der Waals surface area contributed by atoms with Crippen LogP contribution in [0.15, 0.2) is 65.6 Å². The summed E-state index contributed by atoms with van der Waals surface area (Å²) >= 11 is 6.02. The molecule has 0 saturated heterocycles. The fraction of sp³-hybridized carbons (Fsp3) is 0.158. The molecule has 0 bridgehead atoms. The first-order chi connectivity index (χ1) is 12.2. The lowest BCUT2D eigenvalue weighted by molar-refractivity contribution is 0.334. The normalized spacial score (nSPS) is 10.5. The van der Waals surface area contributed by atoms with Crippen LogP contribution in [0.2, 0.25) is 5.02 Å². The first-order valence-corrected chi connectivity index (χ1v) is 8.27. The van der Waals surface area contributed by atoms with Gasteiger partial charge in [0.25, 0.3) is 5.56 Å². The first kappa shape index (κ1) is 17.0. The van der Waals surface area contributed by atoms with Gasteiger partial charge in [0.1, 0.15) is 17.4 Å². The van der Waals surface area contributed by atoms with Crippen molar-refractivity contribution in [3.05, 3.63) is 76.2 Å². The minimum atomic E-state index is -0.331. The minimum Gasteiger partial charge on any atom is -0.491 e. The van der Waals surface area contributed by atoms with Gasteiger partial charge in [-0.05, 0) is 11.6 Å². The van der Waals surface area contributed by atoms with E-state index in [1.54, 1.807) is 7.05 Å². The van der Waals surface area contributed by atoms with E-state index in [2.05, 4.69) is 10.4 Å². The number of halogens is 1. The van der Waals surface area contributed by atoms with Gasteiger partial charge in [0.15, 0.2) is 0 Å². The van der Waals surface area contributed by atoms with Crippen LogP contribution in [-0.4, -0.2) is 22.9 Å². The molecule has 0 radical (unpaired) electrons. The lowest BCUT2D eigenvalue weighted by Gasteiger charge is -2.13. The third-order valence-corrected chi connectivity index (χ3v) is 4.09. The lowest BCUT2D eigenvalue weighted by atomic mass is 10.1. The summed E-state index contributed by atoms with van der Waals surface area (Å²) in [6.45, 7) is 0.924. The van der Waals surface area contributed by atoms with Gasteiger partial charge in [0.2, 0.25) is 0 Å². The summed E-state index contributed by atoms with van der Waals surface area (Å²) in [6.07, 6.45) is 1.53. The number of nitrogens with one attached hydrogen (secondary N) is 1. The Morgan fingerprint density at radius 2 is 1.84 bits per heavy atom. The SMILES string of the molecule is Cn1ncc(NCCOc2ccccc2-c2ccccc2)c(Cl)c1=O. The Morgan fingerprint density at radius 3 is 2.64 bits per heavy atom. The summed E-state index contributed by atoms with van der Waals surface area (Å²) in [5, 5.41) is 7.15. The highest BCUT2D eigenvalue weighted by Crippen LogP contribution is 2.29. The second kappa shape index (κ2) is 7.85. The van der Waals surface area contributed by atoms with E-state index in [0.717, 1.165) is 16.9 Å². The molecule has 0 aliphatic heterocycles. The Morgan fingerprint density at radius 1 is 1.12 bits per heavy atom. The molecule has 0 unspecified atom stereocenters. The molecular formula is C19H18ClN3O2. The summed E-state index contributed by atoms with van der Waals surface area (Å²) in [4.78, 5) is 11.7. The van der Waals surface area contributed by atoms with Crippen molar-refractivity contribution >= 4 is 17.3 Å². The number of aromatic nitrogens is 2. The van der Waals surface area contributed by atoms with E-state index >= 15 is 0 Å². The van der Waals surface area contributed by atoms with Gasteiger partial charge in [-0.3, -0.25) is 4.79 Å². The minimum absolute atomic E-state index is 0.127. The molecule has 1 N–H and O–H groups in total. The number of hydrogen-bond acceptors (Lipinski definition) is 4. The van der Waals surface area contributed by atoms with E-state index in [1.807, 2.05) is 54.6 Å². The van der Waals surface area contributed by atoms with Gasteiger partial charge in [0, 0.05) is 19.2 Å². The van der Waals surface area contributed by atoms with Gasteiger partial charge in [-0.15, -0.1) is 0 Å². The predicted octanol–water partition coefficient (Wildman–Crippen LogP) is 3.59. The van der Waals surface area contributed by atoms with Crippen molar-refractivity contribution in [2.75, 3.05) is 18.5 Å². The number of hydrogen-bond donors (Lipinski definition) is 1. The first-order valence-electron chi connectivity index (χ1n) is 7.90. The standard InChI is InChI=1S/C19H18ClN3O2/c1-23-19(24)18(20)16(13-22-23)21-11-12-25-17-10-6-5-9-15(17)14-7-3-2-4-8-14/h2-10,13,21H,11-12H2,1H3. The van der Waals surface area contributed by atoms with Crippen LogP contribution in [-0.2, 0) is 7.05 Å². The largest absolute Gasteiger partial charge is 0.491 e. The quantitative estimate of drug-likeness (QED) is 0.686. The van der Waals surface area contributed by atoms with Crippen LogP contribution in [0.5, 0.6) is 5.75 Å². The van der Waals surface area contributed by atoms with Crippen LogP contribution >= 0.6 is 11.6 Å². The molecule has 0 atom stereocenters. The van der Waals surface area contributed by atoms with Gasteiger partial charge >= 0.3 is 0 Å². The number of rotatable bonds is 6. The second-order valence-corrected chi connectivity index (χ2v) is 5.82. The molecule has 0 aliphatic carbocycles. The van der Waals surface area contributed by atoms with Gasteiger partial charge < -0.3 is 10.1 Å². The highest BCUT2D eigenvalue weighted by molar-refractivity contribution is 6.32. The molecular weight excluding hydrogens is 338 g/mol. The molecule has 25 heavy (non-hydrogen) atoms. The molecule has 2 aromatic carbocycles. The summed E-state index contributed by atoms with van der Waals surface area (Å²) < 4.78 is 7.09. The van der Waals surface area contributed by atoms with Gasteiger partial charge in [0.05, 0.1) is 11.9 Å². The maximum absolute atomic E-state index is 11.7. The van der Waals surface area contributed by atoms with Crippen molar-refractivity contribution in [1.29, 1.82) is 0 Å². The Hall–Kier alpha value is -2.79. The fourth-order valence-corrected chi connectivity index (χ4v) is 2.67. The highest BCUT2D eigenvalue weighted by Gasteiger charge is 2.08. The number of aryl methyl sites for hydroxylation is 1. The van der Waals surface area contributed by atoms with Gasteiger partial charge in [-0.25, -0.2) is 4.68 Å². The third kappa shape index (κ3) is 4.00. The molecule has 1 aromatic heterocycles. The molecule has 0 aliphatic rings. The molecule has 128 valence electrons. The molecule has 3 rings (SSSR count). The molecule has 0 amide bonds. The van der Waals surface area contributed by atoms with E-state index < -0.39 is 0 Å². The molecule has 3 aromatic rings. The Bertz CT molecular complexity index is 910. The average Bonchev–Trinajstić information content (AvgIpc) is 2.66. The lowest BCUT2D eigenvalue weighted by Crippen LogP contribution is -2.22. The molecule has 0 saturated carbocycles. The zero-order valence-electron chi connectivity index (χ0n) is 13.8. The van der Waals surface area contributed by atoms with E-state index in [9.17, 15) is 4.79 Å². The molecule has 0 fully saturated rings.